The molecule has 0 spiro atoms. The van der Waals surface area contributed by atoms with Gasteiger partial charge in [0, 0.05) is 12.1 Å². The lowest BCUT2D eigenvalue weighted by molar-refractivity contribution is 0.342. The van der Waals surface area contributed by atoms with E-state index in [9.17, 15) is 0 Å². The zero-order valence-corrected chi connectivity index (χ0v) is 11.0. The lowest BCUT2D eigenvalue weighted by Crippen LogP contribution is -2.13. The summed E-state index contributed by atoms with van der Waals surface area (Å²) in [5, 5.41) is 3.34. The van der Waals surface area contributed by atoms with Crippen LogP contribution >= 0.6 is 0 Å². The largest absolute Gasteiger partial charge is 0.489 e. The molecule has 2 heteroatoms. The Morgan fingerprint density at radius 2 is 2.17 bits per heavy atom. The first kappa shape index (κ1) is 12.9. The minimum atomic E-state index is 0.702. The van der Waals surface area contributed by atoms with E-state index in [-0.39, 0.29) is 0 Å². The standard InChI is InChI=1S/C16H21NO/c1-2-17-12-15-10-6-7-11-16(15)18-13-14-8-4-3-5-9-14/h3-4,6-8,10-11,17H,2,5,9,12-13H2,1H3. The van der Waals surface area contributed by atoms with Gasteiger partial charge in [-0.05, 0) is 31.0 Å². The molecule has 0 fully saturated rings. The van der Waals surface area contributed by atoms with Gasteiger partial charge in [0.05, 0.1) is 0 Å². The second-order valence-electron chi connectivity index (χ2n) is 4.47. The smallest absolute Gasteiger partial charge is 0.124 e. The molecule has 18 heavy (non-hydrogen) atoms. The first-order valence-electron chi connectivity index (χ1n) is 6.66. The molecule has 0 atom stereocenters. The van der Waals surface area contributed by atoms with Crippen LogP contribution in [0.3, 0.4) is 0 Å². The fourth-order valence-electron chi connectivity index (χ4n) is 1.99. The van der Waals surface area contributed by atoms with Crippen molar-refractivity contribution in [3.63, 3.8) is 0 Å². The lowest BCUT2D eigenvalue weighted by atomic mass is 10.1. The van der Waals surface area contributed by atoms with Crippen molar-refractivity contribution >= 4 is 0 Å². The first-order valence-corrected chi connectivity index (χ1v) is 6.66. The van der Waals surface area contributed by atoms with Crippen LogP contribution in [0.4, 0.5) is 0 Å². The fraction of sp³-hybridized carbons (Fsp3) is 0.375. The summed E-state index contributed by atoms with van der Waals surface area (Å²) in [7, 11) is 0. The summed E-state index contributed by atoms with van der Waals surface area (Å²) >= 11 is 0. The molecule has 1 N–H and O–H groups in total. The van der Waals surface area contributed by atoms with Gasteiger partial charge in [-0.2, -0.15) is 0 Å². The number of rotatable bonds is 6. The number of ether oxygens (including phenoxy) is 1. The van der Waals surface area contributed by atoms with Crippen LogP contribution in [0.5, 0.6) is 5.75 Å². The normalized spacial score (nSPS) is 14.4. The molecule has 2 nitrogen and oxygen atoms in total. The first-order chi connectivity index (χ1) is 8.90. The monoisotopic (exact) mass is 243 g/mol. The summed E-state index contributed by atoms with van der Waals surface area (Å²) in [6.45, 7) is 4.66. The predicted octanol–water partition coefficient (Wildman–Crippen LogP) is 3.45. The maximum absolute atomic E-state index is 5.93. The van der Waals surface area contributed by atoms with Crippen LogP contribution < -0.4 is 10.1 Å². The Kier molecular flexibility index (Phi) is 5.03. The third-order valence-electron chi connectivity index (χ3n) is 3.05. The number of benzene rings is 1. The Hall–Kier alpha value is -1.54. The van der Waals surface area contributed by atoms with Gasteiger partial charge in [-0.25, -0.2) is 0 Å². The third-order valence-corrected chi connectivity index (χ3v) is 3.05. The van der Waals surface area contributed by atoms with Crippen LogP contribution in [0.1, 0.15) is 25.3 Å². The van der Waals surface area contributed by atoms with Gasteiger partial charge < -0.3 is 10.1 Å². The lowest BCUT2D eigenvalue weighted by Gasteiger charge is -2.14. The van der Waals surface area contributed by atoms with Gasteiger partial charge in [-0.15, -0.1) is 0 Å². The molecule has 0 bridgehead atoms. The van der Waals surface area contributed by atoms with E-state index in [0.29, 0.717) is 6.61 Å². The Morgan fingerprint density at radius 3 is 2.94 bits per heavy atom. The van der Waals surface area contributed by atoms with E-state index in [0.717, 1.165) is 31.7 Å². The number of hydrogen-bond acceptors (Lipinski definition) is 2. The van der Waals surface area contributed by atoms with Crippen molar-refractivity contribution < 1.29 is 4.74 Å². The van der Waals surface area contributed by atoms with E-state index in [1.54, 1.807) is 0 Å². The highest BCUT2D eigenvalue weighted by Crippen LogP contribution is 2.20. The van der Waals surface area contributed by atoms with E-state index in [1.807, 2.05) is 12.1 Å². The molecule has 1 aromatic carbocycles. The Morgan fingerprint density at radius 1 is 1.28 bits per heavy atom. The molecule has 0 saturated heterocycles. The molecule has 0 aromatic heterocycles. The molecule has 2 rings (SSSR count). The maximum atomic E-state index is 5.93. The van der Waals surface area contributed by atoms with Gasteiger partial charge in [0.25, 0.3) is 0 Å². The molecule has 0 saturated carbocycles. The highest BCUT2D eigenvalue weighted by Gasteiger charge is 2.05. The molecule has 96 valence electrons. The number of para-hydroxylation sites is 1. The minimum Gasteiger partial charge on any atom is -0.489 e. The van der Waals surface area contributed by atoms with Crippen molar-refractivity contribution in [1.29, 1.82) is 0 Å². The molecule has 1 aliphatic carbocycles. The Labute approximate surface area is 109 Å². The topological polar surface area (TPSA) is 21.3 Å². The Bertz CT molecular complexity index is 434. The van der Waals surface area contributed by atoms with Gasteiger partial charge in [-0.1, -0.05) is 43.4 Å². The van der Waals surface area contributed by atoms with Crippen LogP contribution in [0.15, 0.2) is 48.1 Å². The van der Waals surface area contributed by atoms with Gasteiger partial charge in [-0.3, -0.25) is 0 Å². The number of hydrogen-bond donors (Lipinski definition) is 1. The van der Waals surface area contributed by atoms with E-state index in [4.69, 9.17) is 4.74 Å². The Balaban J connectivity index is 1.95. The van der Waals surface area contributed by atoms with Crippen LogP contribution in [-0.2, 0) is 6.54 Å². The molecule has 1 aliphatic rings. The summed E-state index contributed by atoms with van der Waals surface area (Å²) in [5.41, 5.74) is 2.60. The van der Waals surface area contributed by atoms with Crippen molar-refractivity contribution in [3.05, 3.63) is 53.6 Å². The third kappa shape index (κ3) is 3.74. The van der Waals surface area contributed by atoms with Crippen LogP contribution in [-0.4, -0.2) is 13.2 Å². The van der Waals surface area contributed by atoms with Crippen molar-refractivity contribution in [2.45, 2.75) is 26.3 Å². The van der Waals surface area contributed by atoms with Gasteiger partial charge in [0.15, 0.2) is 0 Å². The van der Waals surface area contributed by atoms with Crippen molar-refractivity contribution in [2.75, 3.05) is 13.2 Å². The molecule has 0 heterocycles. The zero-order chi connectivity index (χ0) is 12.6. The molecule has 0 unspecified atom stereocenters. The van der Waals surface area contributed by atoms with Crippen LogP contribution in [0, 0.1) is 0 Å². The number of allylic oxidation sites excluding steroid dienone is 3. The summed E-state index contributed by atoms with van der Waals surface area (Å²) in [5.74, 6) is 0.994. The van der Waals surface area contributed by atoms with Gasteiger partial charge in [0.1, 0.15) is 12.4 Å². The van der Waals surface area contributed by atoms with Crippen molar-refractivity contribution in [1.82, 2.24) is 5.32 Å². The SMILES string of the molecule is CCNCc1ccccc1OCC1=CC=CCC1. The molecule has 0 radical (unpaired) electrons. The fourth-order valence-corrected chi connectivity index (χ4v) is 1.99. The van der Waals surface area contributed by atoms with E-state index in [1.165, 1.54) is 11.1 Å². The minimum absolute atomic E-state index is 0.702. The zero-order valence-electron chi connectivity index (χ0n) is 11.0. The van der Waals surface area contributed by atoms with Crippen LogP contribution in [0.2, 0.25) is 0 Å². The molecular weight excluding hydrogens is 222 g/mol. The molecule has 0 amide bonds. The van der Waals surface area contributed by atoms with Gasteiger partial charge in [0.2, 0.25) is 0 Å². The van der Waals surface area contributed by atoms with Crippen molar-refractivity contribution in [3.8, 4) is 5.75 Å². The summed E-state index contributed by atoms with van der Waals surface area (Å²) in [4.78, 5) is 0. The van der Waals surface area contributed by atoms with E-state index >= 15 is 0 Å². The summed E-state index contributed by atoms with van der Waals surface area (Å²) in [6, 6.07) is 8.25. The second kappa shape index (κ2) is 7.02. The molecule has 0 aliphatic heterocycles. The quantitative estimate of drug-likeness (QED) is 0.826. The predicted molar refractivity (Wildman–Crippen MR) is 75.8 cm³/mol. The maximum Gasteiger partial charge on any atom is 0.124 e. The van der Waals surface area contributed by atoms with Crippen molar-refractivity contribution in [2.24, 2.45) is 0 Å². The van der Waals surface area contributed by atoms with Crippen LogP contribution in [0.25, 0.3) is 0 Å². The summed E-state index contributed by atoms with van der Waals surface area (Å²) < 4.78 is 5.93. The average Bonchev–Trinajstić information content (AvgIpc) is 2.45. The average molecular weight is 243 g/mol. The highest BCUT2D eigenvalue weighted by molar-refractivity contribution is 5.33. The molecular formula is C16H21NO. The second-order valence-corrected chi connectivity index (χ2v) is 4.47. The van der Waals surface area contributed by atoms with E-state index in [2.05, 4.69) is 42.6 Å². The van der Waals surface area contributed by atoms with Gasteiger partial charge >= 0.3 is 0 Å². The highest BCUT2D eigenvalue weighted by atomic mass is 16.5. The summed E-state index contributed by atoms with van der Waals surface area (Å²) in [6.07, 6.45) is 8.73. The van der Waals surface area contributed by atoms with E-state index < -0.39 is 0 Å². The number of nitrogens with one attached hydrogen (secondary N) is 1. The molecule has 1 aromatic rings.